The molecule has 1 amide bonds. The lowest BCUT2D eigenvalue weighted by Crippen LogP contribution is -2.39. The average Bonchev–Trinajstić information content (AvgIpc) is 3.20. The summed E-state index contributed by atoms with van der Waals surface area (Å²) in [4.78, 5) is 38.6. The number of rotatable bonds is 6. The summed E-state index contributed by atoms with van der Waals surface area (Å²) in [7, 11) is 0. The Labute approximate surface area is 190 Å². The van der Waals surface area contributed by atoms with Crippen LogP contribution in [0.5, 0.6) is 0 Å². The van der Waals surface area contributed by atoms with Crippen LogP contribution < -0.4 is 10.6 Å². The molecular formula is C23H27N5O3S. The third kappa shape index (κ3) is 5.04. The molecule has 32 heavy (non-hydrogen) atoms. The maximum atomic E-state index is 13.2. The highest BCUT2D eigenvalue weighted by molar-refractivity contribution is 7.21. The van der Waals surface area contributed by atoms with Crippen molar-refractivity contribution in [3.63, 3.8) is 0 Å². The Balaban J connectivity index is 1.57. The molecule has 8 nitrogen and oxygen atoms in total. The summed E-state index contributed by atoms with van der Waals surface area (Å²) in [6, 6.07) is 3.99. The fourth-order valence-corrected chi connectivity index (χ4v) is 4.83. The van der Waals surface area contributed by atoms with E-state index in [2.05, 4.69) is 20.6 Å². The second-order valence-corrected chi connectivity index (χ2v) is 9.29. The molecule has 3 heterocycles. The Kier molecular flexibility index (Phi) is 6.64. The van der Waals surface area contributed by atoms with Crippen LogP contribution >= 0.6 is 11.3 Å². The van der Waals surface area contributed by atoms with Gasteiger partial charge in [-0.15, -0.1) is 0 Å². The molecule has 2 N–H and O–H groups in total. The molecule has 9 heteroatoms. The van der Waals surface area contributed by atoms with E-state index in [9.17, 15) is 9.59 Å². The van der Waals surface area contributed by atoms with Gasteiger partial charge in [-0.1, -0.05) is 11.3 Å². The molecule has 1 aliphatic carbocycles. The lowest BCUT2D eigenvalue weighted by molar-refractivity contribution is -0.147. The summed E-state index contributed by atoms with van der Waals surface area (Å²) in [5, 5.41) is 7.34. The van der Waals surface area contributed by atoms with Gasteiger partial charge in [0, 0.05) is 43.2 Å². The Morgan fingerprint density at radius 2 is 1.97 bits per heavy atom. The van der Waals surface area contributed by atoms with E-state index in [1.54, 1.807) is 18.6 Å². The first-order chi connectivity index (χ1) is 15.4. The predicted octanol–water partition coefficient (Wildman–Crippen LogP) is 4.18. The molecule has 1 fully saturated rings. The van der Waals surface area contributed by atoms with Gasteiger partial charge in [0.15, 0.2) is 0 Å². The number of pyridine rings is 2. The van der Waals surface area contributed by atoms with Gasteiger partial charge in [-0.05, 0) is 51.7 Å². The first-order valence-corrected chi connectivity index (χ1v) is 11.7. The summed E-state index contributed by atoms with van der Waals surface area (Å²) in [6.07, 6.45) is 8.10. The van der Waals surface area contributed by atoms with Crippen molar-refractivity contribution < 1.29 is 14.3 Å². The van der Waals surface area contributed by atoms with E-state index in [1.165, 1.54) is 18.3 Å². The zero-order chi connectivity index (χ0) is 22.7. The number of anilines is 1. The van der Waals surface area contributed by atoms with Crippen molar-refractivity contribution in [2.24, 2.45) is 0 Å². The third-order valence-electron chi connectivity index (χ3n) is 5.35. The molecule has 0 bridgehead atoms. The van der Waals surface area contributed by atoms with E-state index in [0.29, 0.717) is 16.8 Å². The first kappa shape index (κ1) is 22.1. The zero-order valence-electron chi connectivity index (χ0n) is 18.4. The fourth-order valence-electron chi connectivity index (χ4n) is 3.92. The molecule has 0 aliphatic heterocycles. The number of thiazole rings is 1. The number of nitrogens with one attached hydrogen (secondary N) is 2. The number of hydrogen-bond donors (Lipinski definition) is 2. The zero-order valence-corrected chi connectivity index (χ0v) is 19.2. The summed E-state index contributed by atoms with van der Waals surface area (Å²) in [5.41, 5.74) is 2.79. The number of hydrogen-bond acceptors (Lipinski definition) is 8. The highest BCUT2D eigenvalue weighted by atomic mass is 32.1. The molecule has 168 valence electrons. The minimum Gasteiger partial charge on any atom is -0.463 e. The minimum absolute atomic E-state index is 0.0401. The molecule has 0 atom stereocenters. The van der Waals surface area contributed by atoms with Crippen LogP contribution in [-0.4, -0.2) is 45.0 Å². The third-order valence-corrected chi connectivity index (χ3v) is 6.37. The summed E-state index contributed by atoms with van der Waals surface area (Å²) < 4.78 is 5.30. The highest BCUT2D eigenvalue weighted by Gasteiger charge is 2.26. The molecule has 3 aromatic heterocycles. The van der Waals surface area contributed by atoms with Crippen LogP contribution in [0.15, 0.2) is 30.7 Å². The van der Waals surface area contributed by atoms with Gasteiger partial charge in [-0.2, -0.15) is 0 Å². The van der Waals surface area contributed by atoms with Crippen molar-refractivity contribution in [2.45, 2.75) is 64.6 Å². The van der Waals surface area contributed by atoms with Crippen LogP contribution in [0.1, 0.15) is 56.8 Å². The van der Waals surface area contributed by atoms with Crippen LogP contribution in [0.25, 0.3) is 20.9 Å². The molecule has 4 rings (SSSR count). The molecule has 0 aromatic carbocycles. The number of esters is 1. The van der Waals surface area contributed by atoms with Gasteiger partial charge < -0.3 is 15.4 Å². The van der Waals surface area contributed by atoms with Gasteiger partial charge in [0.05, 0.1) is 11.3 Å². The van der Waals surface area contributed by atoms with Gasteiger partial charge in [0.1, 0.15) is 21.5 Å². The SMILES string of the molecule is CC(=O)O[C@H]1CC[C@H](NC(=O)c2cnc3sc(-c4cccnc4)nc3c2NC(C)C)CC1. The van der Waals surface area contributed by atoms with Gasteiger partial charge in [0.25, 0.3) is 5.91 Å². The molecule has 0 saturated heterocycles. The maximum Gasteiger partial charge on any atom is 0.302 e. The smallest absolute Gasteiger partial charge is 0.302 e. The van der Waals surface area contributed by atoms with Crippen molar-refractivity contribution in [3.05, 3.63) is 36.3 Å². The molecular weight excluding hydrogens is 426 g/mol. The number of carbonyl (C=O) groups is 2. The highest BCUT2D eigenvalue weighted by Crippen LogP contribution is 2.34. The van der Waals surface area contributed by atoms with E-state index < -0.39 is 0 Å². The average molecular weight is 454 g/mol. The number of fused-ring (bicyclic) bond motifs is 1. The van der Waals surface area contributed by atoms with E-state index in [-0.39, 0.29) is 30.1 Å². The summed E-state index contributed by atoms with van der Waals surface area (Å²) in [6.45, 7) is 5.48. The Morgan fingerprint density at radius 1 is 1.19 bits per heavy atom. The Bertz CT molecular complexity index is 1110. The second-order valence-electron chi connectivity index (χ2n) is 8.32. The van der Waals surface area contributed by atoms with E-state index in [1.807, 2.05) is 26.0 Å². The molecule has 1 saturated carbocycles. The van der Waals surface area contributed by atoms with Crippen molar-refractivity contribution in [1.29, 1.82) is 0 Å². The van der Waals surface area contributed by atoms with Gasteiger partial charge in [-0.25, -0.2) is 9.97 Å². The van der Waals surface area contributed by atoms with Gasteiger partial charge >= 0.3 is 5.97 Å². The van der Waals surface area contributed by atoms with Crippen LogP contribution in [0.2, 0.25) is 0 Å². The predicted molar refractivity (Wildman–Crippen MR) is 125 cm³/mol. The van der Waals surface area contributed by atoms with Crippen LogP contribution in [0, 0.1) is 0 Å². The molecule has 0 unspecified atom stereocenters. The molecule has 0 spiro atoms. The molecule has 0 radical (unpaired) electrons. The second kappa shape index (κ2) is 9.60. The monoisotopic (exact) mass is 453 g/mol. The van der Waals surface area contributed by atoms with Gasteiger partial charge in [-0.3, -0.25) is 14.6 Å². The van der Waals surface area contributed by atoms with E-state index in [4.69, 9.17) is 9.72 Å². The number of nitrogens with zero attached hydrogens (tertiary/aromatic N) is 3. The van der Waals surface area contributed by atoms with Crippen molar-refractivity contribution in [2.75, 3.05) is 5.32 Å². The fraction of sp³-hybridized carbons (Fsp3) is 0.435. The number of amides is 1. The first-order valence-electron chi connectivity index (χ1n) is 10.8. The lowest BCUT2D eigenvalue weighted by atomic mass is 9.92. The lowest BCUT2D eigenvalue weighted by Gasteiger charge is -2.28. The number of ether oxygens (including phenoxy) is 1. The number of aromatic nitrogens is 3. The maximum absolute atomic E-state index is 13.2. The quantitative estimate of drug-likeness (QED) is 0.539. The Hall–Kier alpha value is -3.07. The van der Waals surface area contributed by atoms with Crippen LogP contribution in [0.4, 0.5) is 5.69 Å². The molecule has 1 aliphatic rings. The van der Waals surface area contributed by atoms with Crippen LogP contribution in [0.3, 0.4) is 0 Å². The topological polar surface area (TPSA) is 106 Å². The van der Waals surface area contributed by atoms with E-state index >= 15 is 0 Å². The minimum atomic E-state index is -0.254. The van der Waals surface area contributed by atoms with E-state index in [0.717, 1.165) is 41.1 Å². The van der Waals surface area contributed by atoms with Gasteiger partial charge in [0.2, 0.25) is 0 Å². The van der Waals surface area contributed by atoms with Crippen molar-refractivity contribution in [3.8, 4) is 10.6 Å². The normalized spacial score (nSPS) is 18.5. The Morgan fingerprint density at radius 3 is 2.62 bits per heavy atom. The van der Waals surface area contributed by atoms with Crippen molar-refractivity contribution in [1.82, 2.24) is 20.3 Å². The summed E-state index contributed by atoms with van der Waals surface area (Å²) in [5.74, 6) is -0.426. The van der Waals surface area contributed by atoms with Crippen molar-refractivity contribution >= 4 is 39.2 Å². The van der Waals surface area contributed by atoms with Crippen LogP contribution in [-0.2, 0) is 9.53 Å². The largest absolute Gasteiger partial charge is 0.463 e. The standard InChI is InChI=1S/C23H27N5O3S/c1-13(2)26-19-18(21(30)27-16-6-8-17(9-7-16)31-14(3)29)12-25-23-20(19)28-22(32-23)15-5-4-10-24-11-15/h4-5,10-13,16-17H,6-9H2,1-3H3,(H,25,26)(H,27,30)/t16-,17-. The summed E-state index contributed by atoms with van der Waals surface area (Å²) >= 11 is 1.48. The molecule has 3 aromatic rings. The number of carbonyl (C=O) groups excluding carboxylic acids is 2.